The molecular weight excluding hydrogens is 302 g/mol. The molecule has 0 aliphatic rings. The zero-order valence-electron chi connectivity index (χ0n) is 14.7. The average Bonchev–Trinajstić information content (AvgIpc) is 2.60. The molecule has 0 aromatic heterocycles. The fourth-order valence-electron chi connectivity index (χ4n) is 2.62. The molecule has 0 aliphatic carbocycles. The van der Waals surface area contributed by atoms with Crippen LogP contribution >= 0.6 is 0 Å². The van der Waals surface area contributed by atoms with E-state index in [4.69, 9.17) is 9.47 Å². The lowest BCUT2D eigenvalue weighted by Crippen LogP contribution is -2.31. The molecule has 24 heavy (non-hydrogen) atoms. The van der Waals surface area contributed by atoms with Crippen molar-refractivity contribution >= 4 is 5.91 Å². The summed E-state index contributed by atoms with van der Waals surface area (Å²) in [4.78, 5) is 12.2. The van der Waals surface area contributed by atoms with Crippen LogP contribution in [0.25, 0.3) is 0 Å². The quantitative estimate of drug-likeness (QED) is 0.834. The molecule has 2 aromatic rings. The first-order valence-electron chi connectivity index (χ1n) is 8.17. The summed E-state index contributed by atoms with van der Waals surface area (Å²) in [5, 5.41) is 2.95. The summed E-state index contributed by atoms with van der Waals surface area (Å²) in [5.41, 5.74) is 2.04. The van der Waals surface area contributed by atoms with Gasteiger partial charge >= 0.3 is 0 Å². The summed E-state index contributed by atoms with van der Waals surface area (Å²) in [6.07, 6.45) is 0. The minimum absolute atomic E-state index is 0.0107. The second kappa shape index (κ2) is 8.39. The Kier molecular flexibility index (Phi) is 6.24. The topological polar surface area (TPSA) is 47.6 Å². The number of ether oxygens (including phenoxy) is 2. The van der Waals surface area contributed by atoms with E-state index in [1.54, 1.807) is 7.11 Å². The molecule has 0 aliphatic heterocycles. The molecule has 2 rings (SSSR count). The Morgan fingerprint density at radius 3 is 2.17 bits per heavy atom. The van der Waals surface area contributed by atoms with Crippen LogP contribution in [-0.4, -0.2) is 19.6 Å². The van der Waals surface area contributed by atoms with Gasteiger partial charge in [0, 0.05) is 5.56 Å². The van der Waals surface area contributed by atoms with Gasteiger partial charge in [-0.05, 0) is 30.5 Å². The summed E-state index contributed by atoms with van der Waals surface area (Å²) >= 11 is 0. The van der Waals surface area contributed by atoms with Gasteiger partial charge in [0.1, 0.15) is 11.5 Å². The van der Waals surface area contributed by atoms with Crippen molar-refractivity contribution in [1.82, 2.24) is 5.32 Å². The van der Waals surface area contributed by atoms with E-state index in [-0.39, 0.29) is 18.6 Å². The van der Waals surface area contributed by atoms with Crippen molar-refractivity contribution in [3.05, 3.63) is 59.7 Å². The van der Waals surface area contributed by atoms with Crippen LogP contribution in [-0.2, 0) is 4.79 Å². The van der Waals surface area contributed by atoms with Gasteiger partial charge in [-0.2, -0.15) is 0 Å². The second-order valence-corrected chi connectivity index (χ2v) is 6.01. The highest BCUT2D eigenvalue weighted by Crippen LogP contribution is 2.26. The van der Waals surface area contributed by atoms with Crippen LogP contribution in [0.2, 0.25) is 0 Å². The van der Waals surface area contributed by atoms with E-state index in [2.05, 4.69) is 19.2 Å². The third kappa shape index (κ3) is 4.51. The molecule has 1 amide bonds. The Hall–Kier alpha value is -2.49. The number of hydrogen-bond donors (Lipinski definition) is 1. The van der Waals surface area contributed by atoms with Crippen molar-refractivity contribution in [2.75, 3.05) is 13.7 Å². The molecule has 128 valence electrons. The van der Waals surface area contributed by atoms with Crippen LogP contribution in [0.15, 0.2) is 48.5 Å². The number of methoxy groups -OCH3 is 1. The van der Waals surface area contributed by atoms with Crippen molar-refractivity contribution < 1.29 is 14.3 Å². The molecule has 0 saturated carbocycles. The van der Waals surface area contributed by atoms with Gasteiger partial charge in [-0.25, -0.2) is 0 Å². The van der Waals surface area contributed by atoms with Gasteiger partial charge in [-0.15, -0.1) is 0 Å². The first kappa shape index (κ1) is 17.9. The van der Waals surface area contributed by atoms with Crippen LogP contribution in [0.3, 0.4) is 0 Å². The molecule has 4 heteroatoms. The summed E-state index contributed by atoms with van der Waals surface area (Å²) in [7, 11) is 1.62. The lowest BCUT2D eigenvalue weighted by atomic mass is 10.0. The van der Waals surface area contributed by atoms with Crippen molar-refractivity contribution in [2.45, 2.75) is 32.7 Å². The van der Waals surface area contributed by atoms with Crippen molar-refractivity contribution in [1.29, 1.82) is 0 Å². The highest BCUT2D eigenvalue weighted by molar-refractivity contribution is 5.78. The molecule has 0 bridgehead atoms. The molecular formula is C20H25NO3. The number of rotatable bonds is 7. The standard InChI is InChI=1S/C20H25NO3/c1-14(2)16-9-5-8-12-19(16)24-13-20(22)21-15(3)17-10-6-7-11-18(17)23-4/h5-12,14-15H,13H2,1-4H3,(H,21,22)/t15-/m1/s1. The number of carbonyl (C=O) groups excluding carboxylic acids is 1. The maximum Gasteiger partial charge on any atom is 0.258 e. The number of carbonyl (C=O) groups is 1. The van der Waals surface area contributed by atoms with Crippen LogP contribution in [0.1, 0.15) is 43.9 Å². The molecule has 4 nitrogen and oxygen atoms in total. The SMILES string of the molecule is COc1ccccc1[C@@H](C)NC(=O)COc1ccccc1C(C)C. The highest BCUT2D eigenvalue weighted by Gasteiger charge is 2.15. The minimum Gasteiger partial charge on any atom is -0.496 e. The Morgan fingerprint density at radius 2 is 1.54 bits per heavy atom. The van der Waals surface area contributed by atoms with E-state index in [9.17, 15) is 4.79 Å². The fraction of sp³-hybridized carbons (Fsp3) is 0.350. The van der Waals surface area contributed by atoms with Crippen molar-refractivity contribution in [3.8, 4) is 11.5 Å². The third-order valence-corrected chi connectivity index (χ3v) is 3.88. The van der Waals surface area contributed by atoms with Gasteiger partial charge in [-0.3, -0.25) is 4.79 Å². The first-order valence-corrected chi connectivity index (χ1v) is 8.17. The Labute approximate surface area is 143 Å². The van der Waals surface area contributed by atoms with Gasteiger partial charge in [0.2, 0.25) is 0 Å². The lowest BCUT2D eigenvalue weighted by molar-refractivity contribution is -0.123. The average molecular weight is 327 g/mol. The smallest absolute Gasteiger partial charge is 0.258 e. The Balaban J connectivity index is 1.96. The van der Waals surface area contributed by atoms with Crippen molar-refractivity contribution in [3.63, 3.8) is 0 Å². The number of nitrogens with one attached hydrogen (secondary N) is 1. The van der Waals surface area contributed by atoms with Crippen LogP contribution < -0.4 is 14.8 Å². The predicted molar refractivity (Wildman–Crippen MR) is 95.6 cm³/mol. The van der Waals surface area contributed by atoms with E-state index < -0.39 is 0 Å². The summed E-state index contributed by atoms with van der Waals surface area (Å²) in [6, 6.07) is 15.3. The summed E-state index contributed by atoms with van der Waals surface area (Å²) in [6.45, 7) is 6.12. The molecule has 1 N–H and O–H groups in total. The molecule has 0 saturated heterocycles. The maximum absolute atomic E-state index is 12.2. The summed E-state index contributed by atoms with van der Waals surface area (Å²) < 4.78 is 11.0. The normalized spacial score (nSPS) is 11.9. The lowest BCUT2D eigenvalue weighted by Gasteiger charge is -2.18. The fourth-order valence-corrected chi connectivity index (χ4v) is 2.62. The molecule has 0 heterocycles. The van der Waals surface area contributed by atoms with E-state index in [0.29, 0.717) is 5.92 Å². The molecule has 0 unspecified atom stereocenters. The van der Waals surface area contributed by atoms with E-state index >= 15 is 0 Å². The first-order chi connectivity index (χ1) is 11.5. The Bertz CT molecular complexity index is 682. The van der Waals surface area contributed by atoms with Gasteiger partial charge in [0.15, 0.2) is 6.61 Å². The van der Waals surface area contributed by atoms with E-state index in [1.165, 1.54) is 0 Å². The van der Waals surface area contributed by atoms with Gasteiger partial charge in [0.25, 0.3) is 5.91 Å². The zero-order chi connectivity index (χ0) is 17.5. The van der Waals surface area contributed by atoms with Gasteiger partial charge in [-0.1, -0.05) is 50.2 Å². The Morgan fingerprint density at radius 1 is 0.958 bits per heavy atom. The molecule has 0 fully saturated rings. The highest BCUT2D eigenvalue weighted by atomic mass is 16.5. The van der Waals surface area contributed by atoms with Crippen LogP contribution in [0, 0.1) is 0 Å². The van der Waals surface area contributed by atoms with E-state index in [1.807, 2.05) is 55.5 Å². The molecule has 2 aromatic carbocycles. The second-order valence-electron chi connectivity index (χ2n) is 6.01. The van der Waals surface area contributed by atoms with Gasteiger partial charge < -0.3 is 14.8 Å². The number of benzene rings is 2. The number of amides is 1. The van der Waals surface area contributed by atoms with Crippen molar-refractivity contribution in [2.24, 2.45) is 0 Å². The maximum atomic E-state index is 12.2. The van der Waals surface area contributed by atoms with Crippen LogP contribution in [0.4, 0.5) is 0 Å². The molecule has 0 radical (unpaired) electrons. The zero-order valence-corrected chi connectivity index (χ0v) is 14.7. The largest absolute Gasteiger partial charge is 0.496 e. The number of hydrogen-bond acceptors (Lipinski definition) is 3. The van der Waals surface area contributed by atoms with Crippen LogP contribution in [0.5, 0.6) is 11.5 Å². The van der Waals surface area contributed by atoms with Gasteiger partial charge in [0.05, 0.1) is 13.2 Å². The third-order valence-electron chi connectivity index (χ3n) is 3.88. The van der Waals surface area contributed by atoms with E-state index in [0.717, 1.165) is 22.6 Å². The number of para-hydroxylation sites is 2. The minimum atomic E-state index is -0.160. The molecule has 1 atom stereocenters. The summed E-state index contributed by atoms with van der Waals surface area (Å²) in [5.74, 6) is 1.70. The molecule has 0 spiro atoms. The monoisotopic (exact) mass is 327 g/mol. The predicted octanol–water partition coefficient (Wildman–Crippen LogP) is 4.07.